The van der Waals surface area contributed by atoms with E-state index >= 15 is 0 Å². The second kappa shape index (κ2) is 7.45. The molecule has 1 aliphatic rings. The summed E-state index contributed by atoms with van der Waals surface area (Å²) >= 11 is 0. The van der Waals surface area contributed by atoms with Crippen molar-refractivity contribution in [3.8, 4) is 0 Å². The molecule has 1 heterocycles. The van der Waals surface area contributed by atoms with Gasteiger partial charge in [0, 0.05) is 44.7 Å². The Balaban J connectivity index is 2.09. The summed E-state index contributed by atoms with van der Waals surface area (Å²) in [6.07, 6.45) is 0. The van der Waals surface area contributed by atoms with Crippen LogP contribution < -0.4 is 16.0 Å². The van der Waals surface area contributed by atoms with Crippen LogP contribution in [0.2, 0.25) is 0 Å². The summed E-state index contributed by atoms with van der Waals surface area (Å²) in [5, 5.41) is 8.74. The van der Waals surface area contributed by atoms with Gasteiger partial charge >= 0.3 is 0 Å². The van der Waals surface area contributed by atoms with E-state index < -0.39 is 5.41 Å². The summed E-state index contributed by atoms with van der Waals surface area (Å²) in [7, 11) is 0. The van der Waals surface area contributed by atoms with Crippen LogP contribution in [0.1, 0.15) is 20.8 Å². The lowest BCUT2D eigenvalue weighted by atomic mass is 9.96. The largest absolute Gasteiger partial charge is 0.353 e. The molecule has 0 radical (unpaired) electrons. The van der Waals surface area contributed by atoms with Gasteiger partial charge in [-0.05, 0) is 0 Å². The normalized spacial score (nSPS) is 17.0. The Hall–Kier alpha value is -1.14. The molecule has 0 bridgehead atoms. The Kier molecular flexibility index (Phi) is 6.24. The highest BCUT2D eigenvalue weighted by Gasteiger charge is 2.21. The van der Waals surface area contributed by atoms with Crippen LogP contribution in [0.3, 0.4) is 0 Å². The van der Waals surface area contributed by atoms with Crippen LogP contribution in [-0.4, -0.2) is 62.5 Å². The van der Waals surface area contributed by atoms with Crippen molar-refractivity contribution in [3.63, 3.8) is 0 Å². The first-order valence-electron chi connectivity index (χ1n) is 6.87. The maximum Gasteiger partial charge on any atom is 0.239 e. The Bertz CT molecular complexity index is 306. The number of carbonyl (C=O) groups excluding carboxylic acids is 2. The van der Waals surface area contributed by atoms with E-state index in [0.29, 0.717) is 6.54 Å². The molecule has 6 nitrogen and oxygen atoms in total. The number of nitrogens with zero attached hydrogens (tertiary/aromatic N) is 1. The summed E-state index contributed by atoms with van der Waals surface area (Å²) in [5.74, 6) is -0.238. The Morgan fingerprint density at radius 3 is 2.37 bits per heavy atom. The quantitative estimate of drug-likeness (QED) is 0.610. The van der Waals surface area contributed by atoms with Crippen molar-refractivity contribution in [2.75, 3.05) is 45.8 Å². The fourth-order valence-corrected chi connectivity index (χ4v) is 1.78. The highest BCUT2D eigenvalue weighted by Crippen LogP contribution is 2.11. The topological polar surface area (TPSA) is 73.5 Å². The SMILES string of the molecule is CC(C)(C)C(=O)NCC(=O)NCCN1CCNCC1. The Labute approximate surface area is 115 Å². The first-order chi connectivity index (χ1) is 8.89. The van der Waals surface area contributed by atoms with E-state index in [2.05, 4.69) is 20.9 Å². The van der Waals surface area contributed by atoms with Crippen LogP contribution in [0.15, 0.2) is 0 Å². The minimum Gasteiger partial charge on any atom is -0.353 e. The maximum absolute atomic E-state index is 11.6. The van der Waals surface area contributed by atoms with Gasteiger partial charge in [0.1, 0.15) is 0 Å². The molecule has 0 aliphatic carbocycles. The predicted molar refractivity (Wildman–Crippen MR) is 74.8 cm³/mol. The molecule has 6 heteroatoms. The highest BCUT2D eigenvalue weighted by atomic mass is 16.2. The zero-order chi connectivity index (χ0) is 14.3. The molecule has 1 rings (SSSR count). The summed E-state index contributed by atoms with van der Waals surface area (Å²) in [4.78, 5) is 25.5. The molecule has 0 spiro atoms. The highest BCUT2D eigenvalue weighted by molar-refractivity contribution is 5.87. The minimum absolute atomic E-state index is 0.0532. The summed E-state index contributed by atoms with van der Waals surface area (Å²) < 4.78 is 0. The lowest BCUT2D eigenvalue weighted by Gasteiger charge is -2.27. The number of amides is 2. The minimum atomic E-state index is -0.457. The monoisotopic (exact) mass is 270 g/mol. The smallest absolute Gasteiger partial charge is 0.239 e. The number of rotatable bonds is 5. The predicted octanol–water partition coefficient (Wildman–Crippen LogP) is -0.830. The molecule has 0 aromatic heterocycles. The number of piperazine rings is 1. The van der Waals surface area contributed by atoms with Gasteiger partial charge in [-0.25, -0.2) is 0 Å². The van der Waals surface area contributed by atoms with Crippen LogP contribution in [0.25, 0.3) is 0 Å². The van der Waals surface area contributed by atoms with E-state index in [4.69, 9.17) is 0 Å². The van der Waals surface area contributed by atoms with Gasteiger partial charge < -0.3 is 16.0 Å². The van der Waals surface area contributed by atoms with Crippen LogP contribution >= 0.6 is 0 Å². The number of hydrogen-bond acceptors (Lipinski definition) is 4. The van der Waals surface area contributed by atoms with E-state index in [1.165, 1.54) is 0 Å². The van der Waals surface area contributed by atoms with Crippen LogP contribution in [0.5, 0.6) is 0 Å². The van der Waals surface area contributed by atoms with Gasteiger partial charge in [0.2, 0.25) is 11.8 Å². The summed E-state index contributed by atoms with van der Waals surface area (Å²) in [6.45, 7) is 11.1. The molecule has 3 N–H and O–H groups in total. The fourth-order valence-electron chi connectivity index (χ4n) is 1.78. The molecule has 0 saturated carbocycles. The third-order valence-electron chi connectivity index (χ3n) is 3.05. The number of nitrogens with one attached hydrogen (secondary N) is 3. The van der Waals surface area contributed by atoms with Gasteiger partial charge in [-0.15, -0.1) is 0 Å². The van der Waals surface area contributed by atoms with Crippen molar-refractivity contribution in [3.05, 3.63) is 0 Å². The molecule has 2 amide bonds. The second-order valence-electron chi connectivity index (χ2n) is 5.87. The van der Waals surface area contributed by atoms with E-state index in [1.807, 2.05) is 20.8 Å². The Morgan fingerprint density at radius 1 is 1.16 bits per heavy atom. The average molecular weight is 270 g/mol. The first-order valence-corrected chi connectivity index (χ1v) is 6.87. The van der Waals surface area contributed by atoms with Crippen molar-refractivity contribution in [1.29, 1.82) is 0 Å². The first kappa shape index (κ1) is 15.9. The summed E-state index contributed by atoms with van der Waals surface area (Å²) in [5.41, 5.74) is -0.457. The van der Waals surface area contributed by atoms with Gasteiger partial charge in [-0.3, -0.25) is 14.5 Å². The molecule has 19 heavy (non-hydrogen) atoms. The van der Waals surface area contributed by atoms with Crippen molar-refractivity contribution < 1.29 is 9.59 Å². The standard InChI is InChI=1S/C13H26N4O2/c1-13(2,3)12(19)16-10-11(18)15-6-9-17-7-4-14-5-8-17/h14H,4-10H2,1-3H3,(H,15,18)(H,16,19). The van der Waals surface area contributed by atoms with Gasteiger partial charge in [0.25, 0.3) is 0 Å². The molecule has 1 aliphatic heterocycles. The van der Waals surface area contributed by atoms with Crippen molar-refractivity contribution in [1.82, 2.24) is 20.9 Å². The second-order valence-corrected chi connectivity index (χ2v) is 5.87. The number of carbonyl (C=O) groups is 2. The molecule has 0 aromatic carbocycles. The van der Waals surface area contributed by atoms with Crippen LogP contribution in [0.4, 0.5) is 0 Å². The average Bonchev–Trinajstić information content (AvgIpc) is 2.36. The van der Waals surface area contributed by atoms with Gasteiger partial charge in [-0.2, -0.15) is 0 Å². The lowest BCUT2D eigenvalue weighted by molar-refractivity contribution is -0.131. The fraction of sp³-hybridized carbons (Fsp3) is 0.846. The lowest BCUT2D eigenvalue weighted by Crippen LogP contribution is -2.47. The van der Waals surface area contributed by atoms with Crippen molar-refractivity contribution >= 4 is 11.8 Å². The summed E-state index contributed by atoms with van der Waals surface area (Å²) in [6, 6.07) is 0. The van der Waals surface area contributed by atoms with Crippen molar-refractivity contribution in [2.45, 2.75) is 20.8 Å². The van der Waals surface area contributed by atoms with E-state index in [-0.39, 0.29) is 18.4 Å². The maximum atomic E-state index is 11.6. The number of hydrogen-bond donors (Lipinski definition) is 3. The van der Waals surface area contributed by atoms with Gasteiger partial charge in [-0.1, -0.05) is 20.8 Å². The molecular weight excluding hydrogens is 244 g/mol. The molecule has 1 saturated heterocycles. The molecule has 1 fully saturated rings. The van der Waals surface area contributed by atoms with Crippen LogP contribution in [0, 0.1) is 5.41 Å². The third kappa shape index (κ3) is 6.54. The molecule has 0 aromatic rings. The van der Waals surface area contributed by atoms with E-state index in [9.17, 15) is 9.59 Å². The van der Waals surface area contributed by atoms with Gasteiger partial charge in [0.15, 0.2) is 0 Å². The molecule has 0 unspecified atom stereocenters. The van der Waals surface area contributed by atoms with E-state index in [1.54, 1.807) is 0 Å². The molecular formula is C13H26N4O2. The molecule has 0 atom stereocenters. The van der Waals surface area contributed by atoms with Crippen molar-refractivity contribution in [2.24, 2.45) is 5.41 Å². The zero-order valence-electron chi connectivity index (χ0n) is 12.2. The zero-order valence-corrected chi connectivity index (χ0v) is 12.2. The third-order valence-corrected chi connectivity index (χ3v) is 3.05. The van der Waals surface area contributed by atoms with E-state index in [0.717, 1.165) is 32.7 Å². The van der Waals surface area contributed by atoms with Crippen LogP contribution in [-0.2, 0) is 9.59 Å². The molecule has 110 valence electrons. The Morgan fingerprint density at radius 2 is 1.79 bits per heavy atom. The van der Waals surface area contributed by atoms with Gasteiger partial charge in [0.05, 0.1) is 6.54 Å².